The summed E-state index contributed by atoms with van der Waals surface area (Å²) in [5, 5.41) is 15.8. The topological polar surface area (TPSA) is 60.2 Å². The van der Waals surface area contributed by atoms with Gasteiger partial charge >= 0.3 is 0 Å². The molecular weight excluding hydrogens is 399 g/mol. The molecule has 1 aliphatic carbocycles. The molecule has 1 saturated carbocycles. The number of hydrogen-bond acceptors (Lipinski definition) is 2. The van der Waals surface area contributed by atoms with Gasteiger partial charge in [-0.2, -0.15) is 5.26 Å². The molecule has 0 bridgehead atoms. The van der Waals surface area contributed by atoms with Crippen molar-refractivity contribution >= 4 is 29.9 Å². The van der Waals surface area contributed by atoms with E-state index in [9.17, 15) is 0 Å². The first-order valence-electron chi connectivity index (χ1n) is 8.21. The smallest absolute Gasteiger partial charge is 0.191 e. The van der Waals surface area contributed by atoms with Gasteiger partial charge in [0.15, 0.2) is 5.96 Å². The highest BCUT2D eigenvalue weighted by Gasteiger charge is 2.20. The molecule has 2 rings (SSSR count). The minimum Gasteiger partial charge on any atom is -0.354 e. The fraction of sp³-hybridized carbons (Fsp3) is 0.556. The Morgan fingerprint density at radius 3 is 2.65 bits per heavy atom. The van der Waals surface area contributed by atoms with Crippen LogP contribution in [-0.2, 0) is 6.54 Å². The molecule has 0 spiro atoms. The maximum absolute atomic E-state index is 8.94. The molecule has 0 amide bonds. The predicted molar refractivity (Wildman–Crippen MR) is 106 cm³/mol. The average molecular weight is 426 g/mol. The lowest BCUT2D eigenvalue weighted by atomic mass is 9.84. The third kappa shape index (κ3) is 6.38. The van der Waals surface area contributed by atoms with E-state index in [0.717, 1.165) is 17.4 Å². The summed E-state index contributed by atoms with van der Waals surface area (Å²) in [5.74, 6) is 1.75. The van der Waals surface area contributed by atoms with E-state index in [2.05, 4.69) is 28.6 Å². The van der Waals surface area contributed by atoms with Crippen molar-refractivity contribution in [3.63, 3.8) is 0 Å². The van der Waals surface area contributed by atoms with E-state index >= 15 is 0 Å². The number of rotatable bonds is 4. The van der Waals surface area contributed by atoms with E-state index in [1.54, 1.807) is 7.05 Å². The normalized spacial score (nSPS) is 21.0. The zero-order valence-electron chi connectivity index (χ0n) is 14.0. The van der Waals surface area contributed by atoms with Crippen LogP contribution < -0.4 is 10.6 Å². The molecule has 126 valence electrons. The van der Waals surface area contributed by atoms with Crippen molar-refractivity contribution in [2.45, 2.75) is 51.6 Å². The largest absolute Gasteiger partial charge is 0.354 e. The molecule has 23 heavy (non-hydrogen) atoms. The molecular formula is C18H27IN4. The average Bonchev–Trinajstić information content (AvgIpc) is 2.59. The van der Waals surface area contributed by atoms with Gasteiger partial charge in [0.2, 0.25) is 0 Å². The van der Waals surface area contributed by atoms with E-state index in [-0.39, 0.29) is 24.0 Å². The molecule has 4 nitrogen and oxygen atoms in total. The van der Waals surface area contributed by atoms with Gasteiger partial charge in [-0.1, -0.05) is 25.5 Å². The molecule has 0 aliphatic heterocycles. The lowest BCUT2D eigenvalue weighted by Gasteiger charge is -2.29. The summed E-state index contributed by atoms with van der Waals surface area (Å²) in [6.45, 7) is 2.97. The molecule has 1 aromatic carbocycles. The first kappa shape index (κ1) is 19.8. The molecule has 5 heteroatoms. The molecule has 0 aromatic heterocycles. The van der Waals surface area contributed by atoms with Crippen LogP contribution in [0.3, 0.4) is 0 Å². The van der Waals surface area contributed by atoms with Crippen molar-refractivity contribution in [2.24, 2.45) is 10.9 Å². The Labute approximate surface area is 156 Å². The lowest BCUT2D eigenvalue weighted by molar-refractivity contribution is 0.304. The summed E-state index contributed by atoms with van der Waals surface area (Å²) in [7, 11) is 1.80. The number of nitriles is 1. The number of nitrogens with zero attached hydrogens (tertiary/aromatic N) is 2. The first-order valence-corrected chi connectivity index (χ1v) is 8.21. The minimum atomic E-state index is 0. The molecule has 0 saturated heterocycles. The Bertz CT molecular complexity index is 542. The molecule has 0 unspecified atom stereocenters. The SMILES string of the molecule is CCC1CCC(NC(=NC)NCc2cccc(C#N)c2)CC1.I. The fourth-order valence-electron chi connectivity index (χ4n) is 3.04. The van der Waals surface area contributed by atoms with E-state index in [0.29, 0.717) is 18.2 Å². The predicted octanol–water partition coefficient (Wildman–Crippen LogP) is 3.81. The Morgan fingerprint density at radius 2 is 2.04 bits per heavy atom. The van der Waals surface area contributed by atoms with Crippen molar-refractivity contribution in [2.75, 3.05) is 7.05 Å². The molecule has 2 N–H and O–H groups in total. The Hall–Kier alpha value is -1.29. The van der Waals surface area contributed by atoms with Crippen LogP contribution in [0.4, 0.5) is 0 Å². The molecule has 1 fully saturated rings. The Kier molecular flexibility index (Phi) is 9.00. The van der Waals surface area contributed by atoms with Crippen molar-refractivity contribution in [3.05, 3.63) is 35.4 Å². The van der Waals surface area contributed by atoms with Gasteiger partial charge < -0.3 is 10.6 Å². The van der Waals surface area contributed by atoms with E-state index < -0.39 is 0 Å². The van der Waals surface area contributed by atoms with Gasteiger partial charge in [0.05, 0.1) is 11.6 Å². The quantitative estimate of drug-likeness (QED) is 0.437. The molecule has 1 aromatic rings. The second kappa shape index (κ2) is 10.5. The van der Waals surface area contributed by atoms with Gasteiger partial charge in [-0.25, -0.2) is 0 Å². The number of nitrogens with one attached hydrogen (secondary N) is 2. The highest BCUT2D eigenvalue weighted by Crippen LogP contribution is 2.26. The molecule has 1 aliphatic rings. The van der Waals surface area contributed by atoms with Gasteiger partial charge in [-0.05, 0) is 49.3 Å². The lowest BCUT2D eigenvalue weighted by Crippen LogP contribution is -2.44. The van der Waals surface area contributed by atoms with Crippen molar-refractivity contribution < 1.29 is 0 Å². The number of guanidine groups is 1. The van der Waals surface area contributed by atoms with Crippen molar-refractivity contribution in [1.29, 1.82) is 5.26 Å². The van der Waals surface area contributed by atoms with Gasteiger partial charge in [0, 0.05) is 19.6 Å². The summed E-state index contributed by atoms with van der Waals surface area (Å²) < 4.78 is 0. The molecule has 0 heterocycles. The van der Waals surface area contributed by atoms with Crippen LogP contribution in [0, 0.1) is 17.2 Å². The number of halogens is 1. The molecule has 0 radical (unpaired) electrons. The highest BCUT2D eigenvalue weighted by atomic mass is 127. The molecule has 0 atom stereocenters. The summed E-state index contributed by atoms with van der Waals surface area (Å²) in [5.41, 5.74) is 1.79. The second-order valence-electron chi connectivity index (χ2n) is 6.01. The third-order valence-corrected chi connectivity index (χ3v) is 4.50. The number of benzene rings is 1. The van der Waals surface area contributed by atoms with Gasteiger partial charge in [0.25, 0.3) is 0 Å². The van der Waals surface area contributed by atoms with E-state index in [1.807, 2.05) is 24.3 Å². The second-order valence-corrected chi connectivity index (χ2v) is 6.01. The standard InChI is InChI=1S/C18H26N4.HI/c1-3-14-7-9-17(10-8-14)22-18(20-2)21-13-16-6-4-5-15(11-16)12-19;/h4-6,11,14,17H,3,7-10,13H2,1-2H3,(H2,20,21,22);1H. The van der Waals surface area contributed by atoms with Crippen molar-refractivity contribution in [1.82, 2.24) is 10.6 Å². The van der Waals surface area contributed by atoms with Crippen LogP contribution in [-0.4, -0.2) is 19.0 Å². The van der Waals surface area contributed by atoms with Gasteiger partial charge in [-0.3, -0.25) is 4.99 Å². The van der Waals surface area contributed by atoms with Crippen LogP contribution in [0.15, 0.2) is 29.3 Å². The van der Waals surface area contributed by atoms with Crippen LogP contribution >= 0.6 is 24.0 Å². The summed E-state index contributed by atoms with van der Waals surface area (Å²) in [6.07, 6.45) is 6.38. The Morgan fingerprint density at radius 1 is 1.30 bits per heavy atom. The number of aliphatic imine (C=N–C) groups is 1. The summed E-state index contributed by atoms with van der Waals surface area (Å²) in [6, 6.07) is 10.4. The van der Waals surface area contributed by atoms with Crippen molar-refractivity contribution in [3.8, 4) is 6.07 Å². The van der Waals surface area contributed by atoms with Crippen LogP contribution in [0.1, 0.15) is 50.2 Å². The van der Waals surface area contributed by atoms with Gasteiger partial charge in [-0.15, -0.1) is 24.0 Å². The van der Waals surface area contributed by atoms with E-state index in [4.69, 9.17) is 5.26 Å². The highest BCUT2D eigenvalue weighted by molar-refractivity contribution is 14.0. The zero-order chi connectivity index (χ0) is 15.8. The number of hydrogen-bond donors (Lipinski definition) is 2. The van der Waals surface area contributed by atoms with Crippen LogP contribution in [0.25, 0.3) is 0 Å². The Balaban J connectivity index is 0.00000264. The third-order valence-electron chi connectivity index (χ3n) is 4.50. The maximum Gasteiger partial charge on any atom is 0.191 e. The van der Waals surface area contributed by atoms with E-state index in [1.165, 1.54) is 32.1 Å². The van der Waals surface area contributed by atoms with Crippen LogP contribution in [0.2, 0.25) is 0 Å². The zero-order valence-corrected chi connectivity index (χ0v) is 16.3. The minimum absolute atomic E-state index is 0. The fourth-order valence-corrected chi connectivity index (χ4v) is 3.04. The maximum atomic E-state index is 8.94. The van der Waals surface area contributed by atoms with Gasteiger partial charge in [0.1, 0.15) is 0 Å². The van der Waals surface area contributed by atoms with Crippen LogP contribution in [0.5, 0.6) is 0 Å². The summed E-state index contributed by atoms with van der Waals surface area (Å²) in [4.78, 5) is 4.31. The first-order chi connectivity index (χ1) is 10.7. The summed E-state index contributed by atoms with van der Waals surface area (Å²) >= 11 is 0. The monoisotopic (exact) mass is 426 g/mol.